The first-order chi connectivity index (χ1) is 8.76. The lowest BCUT2D eigenvalue weighted by molar-refractivity contribution is -0.122. The highest BCUT2D eigenvalue weighted by molar-refractivity contribution is 5.74. The number of alkyl halides is 3. The summed E-state index contributed by atoms with van der Waals surface area (Å²) in [7, 11) is 0. The fourth-order valence-electron chi connectivity index (χ4n) is 1.48. The Kier molecular flexibility index (Phi) is 5.14. The van der Waals surface area contributed by atoms with Gasteiger partial charge in [0.15, 0.2) is 0 Å². The van der Waals surface area contributed by atoms with Gasteiger partial charge in [0.1, 0.15) is 12.4 Å². The number of hydrogen-bond acceptors (Lipinski definition) is 1. The third kappa shape index (κ3) is 6.64. The fraction of sp³-hybridized carbons (Fsp3) is 0.417. The molecule has 0 aromatic heterocycles. The van der Waals surface area contributed by atoms with Crippen molar-refractivity contribution in [2.24, 2.45) is 0 Å². The van der Waals surface area contributed by atoms with Crippen LogP contribution in [0.4, 0.5) is 22.4 Å². The van der Waals surface area contributed by atoms with Crippen molar-refractivity contribution in [3.63, 3.8) is 0 Å². The fourth-order valence-corrected chi connectivity index (χ4v) is 1.48. The Morgan fingerprint density at radius 2 is 1.84 bits per heavy atom. The number of amides is 2. The Morgan fingerprint density at radius 1 is 1.26 bits per heavy atom. The van der Waals surface area contributed by atoms with Crippen LogP contribution in [0.5, 0.6) is 0 Å². The summed E-state index contributed by atoms with van der Waals surface area (Å²) in [5.41, 5.74) is 0.782. The summed E-state index contributed by atoms with van der Waals surface area (Å²) in [5, 5.41) is 4.09. The molecule has 0 heterocycles. The molecule has 2 N–H and O–H groups in total. The van der Waals surface area contributed by atoms with E-state index in [-0.39, 0.29) is 11.9 Å². The van der Waals surface area contributed by atoms with Crippen LogP contribution in [-0.2, 0) is 6.42 Å². The molecule has 0 fully saturated rings. The number of carbonyl (C=O) groups excluding carboxylic acids is 1. The van der Waals surface area contributed by atoms with Crippen LogP contribution in [0.2, 0.25) is 0 Å². The van der Waals surface area contributed by atoms with Gasteiger partial charge in [0.25, 0.3) is 0 Å². The van der Waals surface area contributed by atoms with Crippen molar-refractivity contribution >= 4 is 6.03 Å². The Labute approximate surface area is 108 Å². The zero-order chi connectivity index (χ0) is 14.5. The summed E-state index contributed by atoms with van der Waals surface area (Å²) in [6, 6.07) is 4.44. The van der Waals surface area contributed by atoms with E-state index < -0.39 is 18.8 Å². The molecule has 7 heteroatoms. The third-order valence-corrected chi connectivity index (χ3v) is 2.28. The van der Waals surface area contributed by atoms with Gasteiger partial charge in [-0.25, -0.2) is 9.18 Å². The van der Waals surface area contributed by atoms with Gasteiger partial charge in [0, 0.05) is 6.04 Å². The predicted molar refractivity (Wildman–Crippen MR) is 62.2 cm³/mol. The Hall–Kier alpha value is -1.79. The van der Waals surface area contributed by atoms with Crippen LogP contribution in [0.3, 0.4) is 0 Å². The van der Waals surface area contributed by atoms with Crippen molar-refractivity contribution < 1.29 is 22.4 Å². The lowest BCUT2D eigenvalue weighted by atomic mass is 10.1. The van der Waals surface area contributed by atoms with Gasteiger partial charge >= 0.3 is 12.2 Å². The molecule has 106 valence electrons. The van der Waals surface area contributed by atoms with Gasteiger partial charge in [0.05, 0.1) is 0 Å². The van der Waals surface area contributed by atoms with Crippen LogP contribution >= 0.6 is 0 Å². The van der Waals surface area contributed by atoms with Crippen molar-refractivity contribution in [3.05, 3.63) is 35.6 Å². The largest absolute Gasteiger partial charge is 0.405 e. The van der Waals surface area contributed by atoms with Gasteiger partial charge in [0.2, 0.25) is 0 Å². The van der Waals surface area contributed by atoms with Crippen molar-refractivity contribution in [2.75, 3.05) is 6.54 Å². The van der Waals surface area contributed by atoms with E-state index in [2.05, 4.69) is 5.32 Å². The zero-order valence-electron chi connectivity index (χ0n) is 10.2. The minimum Gasteiger partial charge on any atom is -0.335 e. The second-order valence-corrected chi connectivity index (χ2v) is 4.17. The lowest BCUT2D eigenvalue weighted by Crippen LogP contribution is -2.44. The number of nitrogens with one attached hydrogen (secondary N) is 2. The SMILES string of the molecule is CC(Cc1ccc(F)cc1)NC(=O)NCC(F)(F)F. The molecular formula is C12H14F4N2O. The monoisotopic (exact) mass is 278 g/mol. The second kappa shape index (κ2) is 6.40. The van der Waals surface area contributed by atoms with Gasteiger partial charge in [-0.15, -0.1) is 0 Å². The molecule has 0 bridgehead atoms. The Balaban J connectivity index is 2.36. The summed E-state index contributed by atoms with van der Waals surface area (Å²) >= 11 is 0. The molecule has 0 aliphatic heterocycles. The van der Waals surface area contributed by atoms with Gasteiger partial charge in [-0.3, -0.25) is 0 Å². The molecular weight excluding hydrogens is 264 g/mol. The molecule has 2 amide bonds. The first-order valence-electron chi connectivity index (χ1n) is 5.62. The molecule has 1 unspecified atom stereocenters. The molecule has 19 heavy (non-hydrogen) atoms. The average molecular weight is 278 g/mol. The van der Waals surface area contributed by atoms with E-state index in [0.717, 1.165) is 5.56 Å². The van der Waals surface area contributed by atoms with E-state index in [9.17, 15) is 22.4 Å². The molecule has 0 spiro atoms. The maximum absolute atomic E-state index is 12.7. The maximum atomic E-state index is 12.7. The number of benzene rings is 1. The first kappa shape index (κ1) is 15.3. The number of carbonyl (C=O) groups is 1. The average Bonchev–Trinajstić information content (AvgIpc) is 2.29. The quantitative estimate of drug-likeness (QED) is 0.817. The van der Waals surface area contributed by atoms with Crippen LogP contribution in [0.15, 0.2) is 24.3 Å². The number of hydrogen-bond donors (Lipinski definition) is 2. The van der Waals surface area contributed by atoms with Crippen LogP contribution in [-0.4, -0.2) is 24.8 Å². The summed E-state index contributed by atoms with van der Waals surface area (Å²) in [6.45, 7) is 0.276. The summed E-state index contributed by atoms with van der Waals surface area (Å²) in [6.07, 6.45) is -4.03. The highest BCUT2D eigenvalue weighted by Crippen LogP contribution is 2.12. The Morgan fingerprint density at radius 3 is 2.37 bits per heavy atom. The standard InChI is InChI=1S/C12H14F4N2O/c1-8(6-9-2-4-10(13)5-3-9)18-11(19)17-7-12(14,15)16/h2-5,8H,6-7H2,1H3,(H2,17,18,19). The summed E-state index contributed by atoms with van der Waals surface area (Å²) in [4.78, 5) is 11.2. The third-order valence-electron chi connectivity index (χ3n) is 2.28. The lowest BCUT2D eigenvalue weighted by Gasteiger charge is -2.15. The molecule has 0 saturated carbocycles. The minimum atomic E-state index is -4.43. The molecule has 0 saturated heterocycles. The smallest absolute Gasteiger partial charge is 0.335 e. The van der Waals surface area contributed by atoms with Crippen molar-refractivity contribution in [1.29, 1.82) is 0 Å². The van der Waals surface area contributed by atoms with Gasteiger partial charge in [-0.1, -0.05) is 12.1 Å². The van der Waals surface area contributed by atoms with E-state index in [1.165, 1.54) is 12.1 Å². The van der Waals surface area contributed by atoms with E-state index in [1.54, 1.807) is 24.4 Å². The van der Waals surface area contributed by atoms with Crippen molar-refractivity contribution in [2.45, 2.75) is 25.6 Å². The van der Waals surface area contributed by atoms with Crippen LogP contribution < -0.4 is 10.6 Å². The second-order valence-electron chi connectivity index (χ2n) is 4.17. The van der Waals surface area contributed by atoms with E-state index in [4.69, 9.17) is 0 Å². The predicted octanol–water partition coefficient (Wildman–Crippen LogP) is 2.62. The van der Waals surface area contributed by atoms with Gasteiger partial charge < -0.3 is 10.6 Å². The molecule has 3 nitrogen and oxygen atoms in total. The van der Waals surface area contributed by atoms with Crippen molar-refractivity contribution in [3.8, 4) is 0 Å². The molecule has 1 atom stereocenters. The van der Waals surface area contributed by atoms with Gasteiger partial charge in [-0.05, 0) is 31.0 Å². The maximum Gasteiger partial charge on any atom is 0.405 e. The Bertz CT molecular complexity index is 417. The molecule has 1 aromatic rings. The van der Waals surface area contributed by atoms with Crippen LogP contribution in [0, 0.1) is 5.82 Å². The van der Waals surface area contributed by atoms with Crippen LogP contribution in [0.25, 0.3) is 0 Å². The molecule has 1 aromatic carbocycles. The molecule has 0 aliphatic carbocycles. The zero-order valence-corrected chi connectivity index (χ0v) is 10.2. The summed E-state index contributed by atoms with van der Waals surface area (Å²) < 4.78 is 48.2. The normalized spacial score (nSPS) is 12.9. The number of rotatable bonds is 4. The molecule has 0 aliphatic rings. The van der Waals surface area contributed by atoms with E-state index >= 15 is 0 Å². The van der Waals surface area contributed by atoms with Crippen molar-refractivity contribution in [1.82, 2.24) is 10.6 Å². The molecule has 0 radical (unpaired) electrons. The number of urea groups is 1. The minimum absolute atomic E-state index is 0.362. The topological polar surface area (TPSA) is 41.1 Å². The summed E-state index contributed by atoms with van der Waals surface area (Å²) in [5.74, 6) is -0.368. The highest BCUT2D eigenvalue weighted by atomic mass is 19.4. The highest BCUT2D eigenvalue weighted by Gasteiger charge is 2.27. The first-order valence-corrected chi connectivity index (χ1v) is 5.62. The van der Waals surface area contributed by atoms with E-state index in [0.29, 0.717) is 6.42 Å². The van der Waals surface area contributed by atoms with E-state index in [1.807, 2.05) is 0 Å². The van der Waals surface area contributed by atoms with Crippen LogP contribution in [0.1, 0.15) is 12.5 Å². The number of halogens is 4. The van der Waals surface area contributed by atoms with Gasteiger partial charge in [-0.2, -0.15) is 13.2 Å². The molecule has 1 rings (SSSR count).